The Hall–Kier alpha value is 0.434. The van der Waals surface area contributed by atoms with Crippen LogP contribution in [0.15, 0.2) is 0 Å². The molecule has 0 heterocycles. The van der Waals surface area contributed by atoms with Crippen LogP contribution in [-0.2, 0) is 21.7 Å². The zero-order chi connectivity index (χ0) is 17.8. The fourth-order valence-corrected chi connectivity index (χ4v) is 0.316. The van der Waals surface area contributed by atoms with Gasteiger partial charge >= 0.3 is 21.7 Å². The fraction of sp³-hybridized carbons (Fsp3) is 1.00. The van der Waals surface area contributed by atoms with Crippen molar-refractivity contribution < 1.29 is 47.3 Å². The van der Waals surface area contributed by atoms with Crippen LogP contribution in [-0.4, -0.2) is 71.7 Å². The van der Waals surface area contributed by atoms with Crippen LogP contribution in [0.1, 0.15) is 46.5 Å². The summed E-state index contributed by atoms with van der Waals surface area (Å²) in [5.41, 5.74) is 12.4. The second-order valence-corrected chi connectivity index (χ2v) is 3.42. The van der Waals surface area contributed by atoms with Crippen LogP contribution < -0.4 is 0 Å². The minimum absolute atomic E-state index is 0. The fourth-order valence-electron chi connectivity index (χ4n) is 0.316. The van der Waals surface area contributed by atoms with E-state index >= 15 is 0 Å². The molecule has 0 saturated carbocycles. The molecule has 0 rings (SSSR count). The first-order chi connectivity index (χ1) is 10.1. The summed E-state index contributed by atoms with van der Waals surface area (Å²) in [5, 5.41) is 39.1. The number of aliphatic hydroxyl groups excluding tert-OH is 5. The number of hydrogen-bond donors (Lipinski definition) is 5. The Bertz CT molecular complexity index is 89.3. The molecule has 0 fully saturated rings. The van der Waals surface area contributed by atoms with Gasteiger partial charge in [0, 0.05) is 33.0 Å². The zero-order valence-corrected chi connectivity index (χ0v) is 16.1. The third kappa shape index (κ3) is 186. The number of rotatable bonds is 6. The van der Waals surface area contributed by atoms with Crippen molar-refractivity contribution in [2.45, 2.75) is 46.5 Å². The van der Waals surface area contributed by atoms with E-state index in [1.165, 1.54) is 0 Å². The summed E-state index contributed by atoms with van der Waals surface area (Å²) in [4.78, 5) is 0. The Morgan fingerprint density at radius 1 is 0.591 bits per heavy atom. The predicted molar refractivity (Wildman–Crippen MR) is 89.3 cm³/mol. The molecule has 8 heteroatoms. The summed E-state index contributed by atoms with van der Waals surface area (Å²) >= 11 is 0. The second-order valence-electron chi connectivity index (χ2n) is 3.42. The molecule has 0 saturated heterocycles. The summed E-state index contributed by atoms with van der Waals surface area (Å²) in [5.74, 6) is 0. The largest absolute Gasteiger partial charge is 2.00 e. The zero-order valence-electron chi connectivity index (χ0n) is 14.5. The van der Waals surface area contributed by atoms with Crippen LogP contribution in [0.2, 0.25) is 0 Å². The van der Waals surface area contributed by atoms with Gasteiger partial charge in [-0.2, -0.15) is 0 Å². The van der Waals surface area contributed by atoms with Crippen LogP contribution in [0.4, 0.5) is 0 Å². The van der Waals surface area contributed by atoms with E-state index < -0.39 is 0 Å². The van der Waals surface area contributed by atoms with E-state index in [2.05, 4.69) is 13.8 Å². The van der Waals surface area contributed by atoms with Gasteiger partial charge in [0.05, 0.1) is 0 Å². The first-order valence-corrected chi connectivity index (χ1v) is 7.41. The number of hydrogen-bond acceptors (Lipinski definition) is 5. The van der Waals surface area contributed by atoms with Gasteiger partial charge < -0.3 is 37.0 Å². The number of aliphatic hydroxyl groups is 5. The summed E-state index contributed by atoms with van der Waals surface area (Å²) in [6, 6.07) is 0. The average Bonchev–Trinajstić information content (AvgIpc) is 2.51. The van der Waals surface area contributed by atoms with Gasteiger partial charge in [0.15, 0.2) is 0 Å². The molecule has 0 radical (unpaired) electrons. The first-order valence-electron chi connectivity index (χ1n) is 7.41. The predicted octanol–water partition coefficient (Wildman–Crippen LogP) is 1.62. The van der Waals surface area contributed by atoms with Gasteiger partial charge in [-0.05, 0) is 19.8 Å². The molecular weight excluding hydrogens is 324 g/mol. The van der Waals surface area contributed by atoms with Gasteiger partial charge in [-0.3, -0.25) is 0 Å². The quantitative estimate of drug-likeness (QED) is 0.455. The average molecular weight is 362 g/mol. The molecule has 138 valence electrons. The van der Waals surface area contributed by atoms with E-state index in [0.717, 1.165) is 25.7 Å². The Kier molecular flexibility index (Phi) is 119. The molecule has 22 heavy (non-hydrogen) atoms. The van der Waals surface area contributed by atoms with Crippen molar-refractivity contribution in [2.24, 2.45) is 0 Å². The minimum Gasteiger partial charge on any atom is -0.676 e. The molecule has 7 N–H and O–H groups in total. The van der Waals surface area contributed by atoms with Crippen molar-refractivity contribution in [3.8, 4) is 0 Å². The van der Waals surface area contributed by atoms with E-state index in [0.29, 0.717) is 13.2 Å². The van der Waals surface area contributed by atoms with Gasteiger partial charge in [0.2, 0.25) is 0 Å². The Balaban J connectivity index is -0.0000000364. The van der Waals surface area contributed by atoms with E-state index in [4.69, 9.17) is 37.0 Å². The van der Waals surface area contributed by atoms with Gasteiger partial charge in [-0.1, -0.05) is 26.7 Å². The normalized spacial score (nSPS) is 7.36. The van der Waals surface area contributed by atoms with Gasteiger partial charge in [-0.25, -0.2) is 0 Å². The van der Waals surface area contributed by atoms with Crippen molar-refractivity contribution in [3.63, 3.8) is 0 Å². The van der Waals surface area contributed by atoms with Crippen molar-refractivity contribution >= 4 is 0 Å². The molecule has 0 aliphatic heterocycles. The van der Waals surface area contributed by atoms with E-state index in [-0.39, 0.29) is 54.6 Å². The smallest absolute Gasteiger partial charge is 0.676 e. The third-order valence-corrected chi connectivity index (χ3v) is 1.25. The molecule has 0 aliphatic carbocycles. The summed E-state index contributed by atoms with van der Waals surface area (Å²) < 4.78 is 0. The van der Waals surface area contributed by atoms with E-state index in [1.807, 2.05) is 0 Å². The maximum atomic E-state index is 8.07. The summed E-state index contributed by atoms with van der Waals surface area (Å²) in [6.07, 6.45) is 4.08. The molecule has 7 nitrogen and oxygen atoms in total. The van der Waals surface area contributed by atoms with Crippen LogP contribution in [0, 0.1) is 0 Å². The van der Waals surface area contributed by atoms with Crippen molar-refractivity contribution in [1.82, 2.24) is 0 Å². The van der Waals surface area contributed by atoms with Crippen LogP contribution in [0.5, 0.6) is 0 Å². The number of unbranched alkanes of at least 4 members (excludes halogenated alkanes) is 2. The molecule has 0 spiro atoms. The SMILES string of the molecule is CCCCO.CCCCO.CCO.[NH-]CCO.[NH-]CCO.[Ti+2]. The van der Waals surface area contributed by atoms with Crippen LogP contribution >= 0.6 is 0 Å². The topological polar surface area (TPSA) is 149 Å². The van der Waals surface area contributed by atoms with E-state index in [1.54, 1.807) is 6.92 Å². The Labute approximate surface area is 151 Å². The van der Waals surface area contributed by atoms with Crippen molar-refractivity contribution in [2.75, 3.05) is 46.1 Å². The third-order valence-electron chi connectivity index (χ3n) is 1.25. The van der Waals surface area contributed by atoms with Gasteiger partial charge in [0.25, 0.3) is 0 Å². The Morgan fingerprint density at radius 2 is 0.773 bits per heavy atom. The summed E-state index contributed by atoms with van der Waals surface area (Å²) in [6.45, 7) is 6.94. The van der Waals surface area contributed by atoms with Gasteiger partial charge in [-0.15, -0.1) is 13.1 Å². The van der Waals surface area contributed by atoms with Crippen molar-refractivity contribution in [1.29, 1.82) is 0 Å². The molecule has 0 unspecified atom stereocenters. The molecule has 0 aromatic rings. The van der Waals surface area contributed by atoms with Crippen molar-refractivity contribution in [3.05, 3.63) is 11.5 Å². The molecule has 0 bridgehead atoms. The van der Waals surface area contributed by atoms with E-state index in [9.17, 15) is 0 Å². The standard InChI is InChI=1S/2C4H10O.2C2H6NO.C2H6O.Ti/c2*1-2-3-4-5;2*3-1-2-4;1-2-3;/h2*5H,2-4H2,1H3;2*3-4H,1-2H2;3H,2H2,1H3;/q;;2*-1;;+2. The monoisotopic (exact) mass is 362 g/mol. The maximum Gasteiger partial charge on any atom is 2.00 e. The molecular formula is C14H38N2O5Ti. The van der Waals surface area contributed by atoms with Gasteiger partial charge in [0.1, 0.15) is 0 Å². The minimum atomic E-state index is -0.0139. The second kappa shape index (κ2) is 68.5. The number of nitrogens with one attached hydrogen (secondary N) is 2. The molecule has 0 aromatic heterocycles. The summed E-state index contributed by atoms with van der Waals surface area (Å²) in [7, 11) is 0. The maximum absolute atomic E-state index is 8.07. The molecule has 0 amide bonds. The van der Waals surface area contributed by atoms with Crippen LogP contribution in [0.3, 0.4) is 0 Å². The van der Waals surface area contributed by atoms with Crippen LogP contribution in [0.25, 0.3) is 11.5 Å². The molecule has 0 aromatic carbocycles. The Morgan fingerprint density at radius 3 is 0.773 bits per heavy atom. The molecule has 0 atom stereocenters. The molecule has 0 aliphatic rings. The first kappa shape index (κ1) is 38.2.